The molecular weight excluding hydrogens is 370 g/mol. The lowest BCUT2D eigenvalue weighted by atomic mass is 10.1. The Morgan fingerprint density at radius 1 is 1.24 bits per heavy atom. The smallest absolute Gasteiger partial charge is 0.191 e. The molecule has 1 aromatic rings. The molecule has 0 radical (unpaired) electrons. The number of nitrogens with zero attached hydrogens (tertiary/aromatic N) is 1. The van der Waals surface area contributed by atoms with E-state index in [1.54, 1.807) is 7.05 Å². The largest absolute Gasteiger partial charge is 0.494 e. The Bertz CT molecular complexity index is 674. The molecule has 162 valence electrons. The fourth-order valence-electron chi connectivity index (χ4n) is 3.68. The molecule has 1 atom stereocenters. The summed E-state index contributed by atoms with van der Waals surface area (Å²) in [5, 5.41) is 6.72. The number of rotatable bonds is 9. The fraction of sp³-hybridized carbons (Fsp3) is 0.682. The van der Waals surface area contributed by atoms with Crippen LogP contribution in [0.3, 0.4) is 0 Å². The van der Waals surface area contributed by atoms with E-state index in [0.29, 0.717) is 19.3 Å². The molecule has 7 heteroatoms. The molecule has 0 aliphatic carbocycles. The van der Waals surface area contributed by atoms with Crippen molar-refractivity contribution in [2.24, 2.45) is 4.99 Å². The second-order valence-corrected chi connectivity index (χ2v) is 7.52. The van der Waals surface area contributed by atoms with Gasteiger partial charge in [0.15, 0.2) is 5.96 Å². The van der Waals surface area contributed by atoms with E-state index >= 15 is 0 Å². The lowest BCUT2D eigenvalue weighted by molar-refractivity contribution is -0.0320. The zero-order valence-electron chi connectivity index (χ0n) is 18.0. The number of aliphatic imine (C=N–C) groups is 1. The normalized spacial score (nSPS) is 19.6. The number of guanidine groups is 1. The van der Waals surface area contributed by atoms with Gasteiger partial charge in [-0.05, 0) is 45.2 Å². The molecule has 1 unspecified atom stereocenters. The summed E-state index contributed by atoms with van der Waals surface area (Å²) in [7, 11) is 1.78. The summed E-state index contributed by atoms with van der Waals surface area (Å²) >= 11 is 0. The summed E-state index contributed by atoms with van der Waals surface area (Å²) in [4.78, 5) is 4.32. The van der Waals surface area contributed by atoms with Crippen molar-refractivity contribution < 1.29 is 18.9 Å². The Balaban J connectivity index is 1.43. The van der Waals surface area contributed by atoms with Gasteiger partial charge in [0.1, 0.15) is 17.6 Å². The molecule has 0 spiro atoms. The van der Waals surface area contributed by atoms with E-state index in [9.17, 15) is 0 Å². The van der Waals surface area contributed by atoms with Gasteiger partial charge >= 0.3 is 0 Å². The minimum Gasteiger partial charge on any atom is -0.494 e. The highest BCUT2D eigenvalue weighted by molar-refractivity contribution is 5.79. The molecule has 0 aromatic heterocycles. The van der Waals surface area contributed by atoms with Crippen LogP contribution < -0.4 is 20.1 Å². The Hall–Kier alpha value is -1.99. The van der Waals surface area contributed by atoms with E-state index in [-0.39, 0.29) is 6.10 Å². The van der Waals surface area contributed by atoms with Crippen LogP contribution in [-0.2, 0) is 22.4 Å². The van der Waals surface area contributed by atoms with Gasteiger partial charge in [-0.3, -0.25) is 4.99 Å². The van der Waals surface area contributed by atoms with Crippen LogP contribution in [0.2, 0.25) is 0 Å². The van der Waals surface area contributed by atoms with Gasteiger partial charge in [0.25, 0.3) is 0 Å². The average Bonchev–Trinajstić information content (AvgIpc) is 3.09. The van der Waals surface area contributed by atoms with Gasteiger partial charge in [0.05, 0.1) is 12.7 Å². The van der Waals surface area contributed by atoms with Crippen LogP contribution >= 0.6 is 0 Å². The van der Waals surface area contributed by atoms with Crippen molar-refractivity contribution in [2.45, 2.75) is 58.3 Å². The van der Waals surface area contributed by atoms with E-state index in [0.717, 1.165) is 75.1 Å². The Morgan fingerprint density at radius 2 is 2.07 bits per heavy atom. The van der Waals surface area contributed by atoms with E-state index in [1.807, 2.05) is 6.92 Å². The van der Waals surface area contributed by atoms with Crippen LogP contribution in [0.25, 0.3) is 0 Å². The lowest BCUT2D eigenvalue weighted by Gasteiger charge is -2.22. The zero-order valence-corrected chi connectivity index (χ0v) is 18.0. The molecule has 0 saturated carbocycles. The number of hydrogen-bond acceptors (Lipinski definition) is 5. The summed E-state index contributed by atoms with van der Waals surface area (Å²) in [6.07, 6.45) is 4.45. The van der Waals surface area contributed by atoms with Crippen molar-refractivity contribution in [3.63, 3.8) is 0 Å². The fourth-order valence-corrected chi connectivity index (χ4v) is 3.68. The zero-order chi connectivity index (χ0) is 20.5. The first-order chi connectivity index (χ1) is 14.2. The first-order valence-corrected chi connectivity index (χ1v) is 10.8. The quantitative estimate of drug-likeness (QED) is 0.374. The number of nitrogens with one attached hydrogen (secondary N) is 2. The summed E-state index contributed by atoms with van der Waals surface area (Å²) in [6.45, 7) is 8.56. The van der Waals surface area contributed by atoms with Crippen molar-refractivity contribution in [3.05, 3.63) is 23.3 Å². The molecule has 1 saturated heterocycles. The summed E-state index contributed by atoms with van der Waals surface area (Å²) in [5.74, 6) is 2.65. The predicted molar refractivity (Wildman–Crippen MR) is 114 cm³/mol. The van der Waals surface area contributed by atoms with E-state index in [4.69, 9.17) is 18.9 Å². The van der Waals surface area contributed by atoms with Crippen LogP contribution in [0.15, 0.2) is 17.1 Å². The molecular formula is C22H35N3O4. The minimum atomic E-state index is 0.223. The summed E-state index contributed by atoms with van der Waals surface area (Å²) in [5.41, 5.74) is 2.29. The van der Waals surface area contributed by atoms with Gasteiger partial charge in [-0.15, -0.1) is 0 Å². The number of fused-ring (bicyclic) bond motifs is 1. The summed E-state index contributed by atoms with van der Waals surface area (Å²) < 4.78 is 23.0. The second kappa shape index (κ2) is 11.3. The molecule has 2 N–H and O–H groups in total. The van der Waals surface area contributed by atoms with Crippen molar-refractivity contribution in [2.75, 3.05) is 40.0 Å². The van der Waals surface area contributed by atoms with Crippen LogP contribution in [0.4, 0.5) is 0 Å². The molecule has 1 aromatic carbocycles. The van der Waals surface area contributed by atoms with Gasteiger partial charge < -0.3 is 29.6 Å². The maximum absolute atomic E-state index is 5.91. The predicted octanol–water partition coefficient (Wildman–Crippen LogP) is 2.66. The summed E-state index contributed by atoms with van der Waals surface area (Å²) in [6, 6.07) is 4.20. The van der Waals surface area contributed by atoms with Crippen molar-refractivity contribution in [1.29, 1.82) is 0 Å². The lowest BCUT2D eigenvalue weighted by Crippen LogP contribution is -2.37. The molecule has 2 aliphatic heterocycles. The van der Waals surface area contributed by atoms with Crippen LogP contribution in [0.5, 0.6) is 11.5 Å². The molecule has 7 nitrogen and oxygen atoms in total. The third kappa shape index (κ3) is 6.51. The topological polar surface area (TPSA) is 73.3 Å². The van der Waals surface area contributed by atoms with Gasteiger partial charge in [-0.25, -0.2) is 0 Å². The molecule has 2 aliphatic rings. The van der Waals surface area contributed by atoms with Gasteiger partial charge in [0, 0.05) is 57.5 Å². The first kappa shape index (κ1) is 21.7. The van der Waals surface area contributed by atoms with Crippen molar-refractivity contribution >= 4 is 5.96 Å². The van der Waals surface area contributed by atoms with E-state index < -0.39 is 0 Å². The van der Waals surface area contributed by atoms with Gasteiger partial charge in [-0.1, -0.05) is 0 Å². The SMILES string of the molecule is CCOc1cc2c(cc1CNC(=NC)NCCCOC1CCOCC1)OC(C)C2. The first-order valence-electron chi connectivity index (χ1n) is 10.8. The molecule has 29 heavy (non-hydrogen) atoms. The van der Waals surface area contributed by atoms with Gasteiger partial charge in [-0.2, -0.15) is 0 Å². The third-order valence-corrected chi connectivity index (χ3v) is 5.18. The highest BCUT2D eigenvalue weighted by atomic mass is 16.5. The number of benzene rings is 1. The Labute approximate surface area is 174 Å². The molecule has 1 fully saturated rings. The van der Waals surface area contributed by atoms with E-state index in [1.165, 1.54) is 5.56 Å². The number of hydrogen-bond donors (Lipinski definition) is 2. The molecule has 0 amide bonds. The van der Waals surface area contributed by atoms with E-state index in [2.05, 4.69) is 34.7 Å². The van der Waals surface area contributed by atoms with Crippen LogP contribution in [0, 0.1) is 0 Å². The highest BCUT2D eigenvalue weighted by Crippen LogP contribution is 2.35. The molecule has 3 rings (SSSR count). The second-order valence-electron chi connectivity index (χ2n) is 7.52. The van der Waals surface area contributed by atoms with Crippen molar-refractivity contribution in [1.82, 2.24) is 10.6 Å². The molecule has 2 heterocycles. The standard InChI is InChI=1S/C22H35N3O4/c1-4-27-20-13-17-12-16(2)29-21(17)14-18(20)15-25-22(23-3)24-8-5-9-28-19-6-10-26-11-7-19/h13-14,16,19H,4-12,15H2,1-3H3,(H2,23,24,25). The maximum atomic E-state index is 5.91. The average molecular weight is 406 g/mol. The minimum absolute atomic E-state index is 0.223. The van der Waals surface area contributed by atoms with Crippen LogP contribution in [-0.4, -0.2) is 58.2 Å². The maximum Gasteiger partial charge on any atom is 0.191 e. The van der Waals surface area contributed by atoms with Gasteiger partial charge in [0.2, 0.25) is 0 Å². The van der Waals surface area contributed by atoms with Crippen molar-refractivity contribution in [3.8, 4) is 11.5 Å². The Morgan fingerprint density at radius 3 is 2.83 bits per heavy atom. The van der Waals surface area contributed by atoms with Crippen LogP contribution in [0.1, 0.15) is 44.2 Å². The Kier molecular flexibility index (Phi) is 8.43. The molecule has 0 bridgehead atoms. The third-order valence-electron chi connectivity index (χ3n) is 5.18. The highest BCUT2D eigenvalue weighted by Gasteiger charge is 2.22. The monoisotopic (exact) mass is 405 g/mol. The number of ether oxygens (including phenoxy) is 4.